The Labute approximate surface area is 181 Å². The molecular weight excluding hydrogens is 420 g/mol. The van der Waals surface area contributed by atoms with Crippen molar-refractivity contribution >= 4 is 15.8 Å². The number of aromatic nitrogens is 4. The van der Waals surface area contributed by atoms with E-state index in [0.29, 0.717) is 49.3 Å². The number of methoxy groups -OCH3 is 2. The third-order valence-electron chi connectivity index (χ3n) is 5.14. The minimum absolute atomic E-state index is 0.0986. The molecule has 2 aromatic heterocycles. The number of ether oxygens (including phenoxy) is 2. The monoisotopic (exact) mass is 444 g/mol. The molecule has 0 saturated carbocycles. The van der Waals surface area contributed by atoms with Crippen LogP contribution in [0.4, 0.5) is 5.82 Å². The molecule has 1 aliphatic heterocycles. The van der Waals surface area contributed by atoms with E-state index in [1.54, 1.807) is 16.8 Å². The quantitative estimate of drug-likeness (QED) is 0.564. The molecular formula is C20H24N6O4S. The molecule has 0 unspecified atom stereocenters. The minimum atomic E-state index is -3.73. The van der Waals surface area contributed by atoms with E-state index in [4.69, 9.17) is 9.47 Å². The van der Waals surface area contributed by atoms with Gasteiger partial charge in [0.05, 0.1) is 19.9 Å². The molecule has 11 heteroatoms. The highest BCUT2D eigenvalue weighted by atomic mass is 32.2. The van der Waals surface area contributed by atoms with Gasteiger partial charge in [0.2, 0.25) is 10.0 Å². The van der Waals surface area contributed by atoms with E-state index in [1.165, 1.54) is 24.6 Å². The number of hydrogen-bond donors (Lipinski definition) is 0. The third-order valence-corrected chi connectivity index (χ3v) is 7.06. The maximum atomic E-state index is 13.2. The van der Waals surface area contributed by atoms with Crippen LogP contribution in [0.15, 0.2) is 47.5 Å². The smallest absolute Gasteiger partial charge is 0.247 e. The molecule has 0 atom stereocenters. The standard InChI is InChI=1S/C20H24N6O4S/c1-15-8-9-26(23-15)20-7-6-19(21-22-20)24-10-12-25(13-11-24)31(27,28)18-14-16(29-2)4-5-17(18)30-3/h4-9,14H,10-13H2,1-3H3. The Hall–Kier alpha value is -3.18. The second-order valence-corrected chi connectivity index (χ2v) is 8.97. The van der Waals surface area contributed by atoms with E-state index in [9.17, 15) is 8.42 Å². The number of aryl methyl sites for hydroxylation is 1. The average molecular weight is 445 g/mol. The summed E-state index contributed by atoms with van der Waals surface area (Å²) >= 11 is 0. The largest absolute Gasteiger partial charge is 0.497 e. The Morgan fingerprint density at radius 1 is 0.903 bits per heavy atom. The predicted octanol–water partition coefficient (Wildman–Crippen LogP) is 1.50. The molecule has 0 N–H and O–H groups in total. The number of anilines is 1. The van der Waals surface area contributed by atoms with Crippen LogP contribution in [0.2, 0.25) is 0 Å². The fraction of sp³-hybridized carbons (Fsp3) is 0.350. The molecule has 3 heterocycles. The second-order valence-electron chi connectivity index (χ2n) is 7.06. The summed E-state index contributed by atoms with van der Waals surface area (Å²) in [5.41, 5.74) is 0.899. The van der Waals surface area contributed by atoms with E-state index in [-0.39, 0.29) is 4.90 Å². The zero-order valence-corrected chi connectivity index (χ0v) is 18.4. The Morgan fingerprint density at radius 2 is 1.61 bits per heavy atom. The molecule has 0 spiro atoms. The third kappa shape index (κ3) is 4.19. The molecule has 31 heavy (non-hydrogen) atoms. The van der Waals surface area contributed by atoms with Gasteiger partial charge in [-0.05, 0) is 37.3 Å². The molecule has 164 valence electrons. The van der Waals surface area contributed by atoms with E-state index >= 15 is 0 Å². The molecule has 0 amide bonds. The summed E-state index contributed by atoms with van der Waals surface area (Å²) in [7, 11) is -0.782. The fourth-order valence-electron chi connectivity index (χ4n) is 3.43. The van der Waals surface area contributed by atoms with Crippen molar-refractivity contribution in [2.24, 2.45) is 0 Å². The van der Waals surface area contributed by atoms with Gasteiger partial charge in [-0.3, -0.25) is 0 Å². The van der Waals surface area contributed by atoms with Crippen molar-refractivity contribution in [3.63, 3.8) is 0 Å². The van der Waals surface area contributed by atoms with Gasteiger partial charge in [0, 0.05) is 38.4 Å². The first kappa shape index (κ1) is 21.1. The molecule has 1 aliphatic rings. The molecule has 0 radical (unpaired) electrons. The normalized spacial score (nSPS) is 15.1. The molecule has 1 saturated heterocycles. The van der Waals surface area contributed by atoms with E-state index in [1.807, 2.05) is 36.2 Å². The fourth-order valence-corrected chi connectivity index (χ4v) is 5.03. The zero-order chi connectivity index (χ0) is 22.0. The summed E-state index contributed by atoms with van der Waals surface area (Å²) in [4.78, 5) is 2.11. The highest BCUT2D eigenvalue weighted by Crippen LogP contribution is 2.31. The van der Waals surface area contributed by atoms with E-state index < -0.39 is 10.0 Å². The van der Waals surface area contributed by atoms with Crippen molar-refractivity contribution < 1.29 is 17.9 Å². The molecule has 1 aromatic carbocycles. The van der Waals surface area contributed by atoms with Crippen LogP contribution in [-0.4, -0.2) is 73.1 Å². The van der Waals surface area contributed by atoms with Crippen LogP contribution in [0.5, 0.6) is 11.5 Å². The molecule has 4 rings (SSSR count). The van der Waals surface area contributed by atoms with Crippen molar-refractivity contribution in [3.05, 3.63) is 48.3 Å². The summed E-state index contributed by atoms with van der Waals surface area (Å²) in [5.74, 6) is 2.08. The zero-order valence-electron chi connectivity index (χ0n) is 17.6. The van der Waals surface area contributed by atoms with Crippen molar-refractivity contribution in [2.75, 3.05) is 45.3 Å². The maximum Gasteiger partial charge on any atom is 0.247 e. The van der Waals surface area contributed by atoms with Crippen molar-refractivity contribution in [2.45, 2.75) is 11.8 Å². The average Bonchev–Trinajstić information content (AvgIpc) is 3.25. The van der Waals surface area contributed by atoms with Gasteiger partial charge < -0.3 is 14.4 Å². The number of rotatable bonds is 6. The lowest BCUT2D eigenvalue weighted by Crippen LogP contribution is -2.49. The predicted molar refractivity (Wildman–Crippen MR) is 114 cm³/mol. The van der Waals surface area contributed by atoms with Gasteiger partial charge in [0.25, 0.3) is 0 Å². The van der Waals surface area contributed by atoms with Crippen LogP contribution < -0.4 is 14.4 Å². The van der Waals surface area contributed by atoms with Crippen molar-refractivity contribution in [1.82, 2.24) is 24.3 Å². The summed E-state index contributed by atoms with van der Waals surface area (Å²) in [6.07, 6.45) is 1.83. The van der Waals surface area contributed by atoms with Crippen LogP contribution in [0.3, 0.4) is 0 Å². The Morgan fingerprint density at radius 3 is 2.19 bits per heavy atom. The number of nitrogens with zero attached hydrogens (tertiary/aromatic N) is 6. The van der Waals surface area contributed by atoms with Crippen molar-refractivity contribution in [3.8, 4) is 17.3 Å². The van der Waals surface area contributed by atoms with Crippen LogP contribution in [0.1, 0.15) is 5.69 Å². The highest BCUT2D eigenvalue weighted by Gasteiger charge is 2.31. The van der Waals surface area contributed by atoms with Gasteiger partial charge in [0.15, 0.2) is 11.6 Å². The molecule has 10 nitrogen and oxygen atoms in total. The molecule has 0 aliphatic carbocycles. The van der Waals surface area contributed by atoms with Gasteiger partial charge in [-0.25, -0.2) is 13.1 Å². The Kier molecular flexibility index (Phi) is 5.79. The maximum absolute atomic E-state index is 13.2. The van der Waals surface area contributed by atoms with Gasteiger partial charge in [-0.2, -0.15) is 9.40 Å². The molecule has 1 fully saturated rings. The van der Waals surface area contributed by atoms with Crippen LogP contribution >= 0.6 is 0 Å². The SMILES string of the molecule is COc1ccc(OC)c(S(=O)(=O)N2CCN(c3ccc(-n4ccc(C)n4)nn3)CC2)c1. The lowest BCUT2D eigenvalue weighted by atomic mass is 10.3. The summed E-state index contributed by atoms with van der Waals surface area (Å²) in [6, 6.07) is 10.4. The Balaban J connectivity index is 1.47. The first-order valence-corrected chi connectivity index (χ1v) is 11.2. The van der Waals surface area contributed by atoms with Gasteiger partial charge in [-0.1, -0.05) is 0 Å². The molecule has 0 bridgehead atoms. The number of hydrogen-bond acceptors (Lipinski definition) is 8. The minimum Gasteiger partial charge on any atom is -0.497 e. The second kappa shape index (κ2) is 8.52. The van der Waals surface area contributed by atoms with Gasteiger partial charge in [-0.15, -0.1) is 10.2 Å². The lowest BCUT2D eigenvalue weighted by molar-refractivity contribution is 0.370. The van der Waals surface area contributed by atoms with Gasteiger partial charge in [0.1, 0.15) is 16.4 Å². The molecule has 3 aromatic rings. The summed E-state index contributed by atoms with van der Waals surface area (Å²) < 4.78 is 40.0. The summed E-state index contributed by atoms with van der Waals surface area (Å²) in [6.45, 7) is 3.56. The van der Waals surface area contributed by atoms with Crippen LogP contribution in [-0.2, 0) is 10.0 Å². The first-order valence-electron chi connectivity index (χ1n) is 9.76. The van der Waals surface area contributed by atoms with Gasteiger partial charge >= 0.3 is 0 Å². The summed E-state index contributed by atoms with van der Waals surface area (Å²) in [5, 5.41) is 12.9. The van der Waals surface area contributed by atoms with Crippen LogP contribution in [0.25, 0.3) is 5.82 Å². The number of benzene rings is 1. The van der Waals surface area contributed by atoms with Crippen LogP contribution in [0, 0.1) is 6.92 Å². The lowest BCUT2D eigenvalue weighted by Gasteiger charge is -2.34. The topological polar surface area (TPSA) is 103 Å². The Bertz CT molecular complexity index is 1150. The van der Waals surface area contributed by atoms with E-state index in [0.717, 1.165) is 5.69 Å². The number of piperazine rings is 1. The van der Waals surface area contributed by atoms with Crippen molar-refractivity contribution in [1.29, 1.82) is 0 Å². The highest BCUT2D eigenvalue weighted by molar-refractivity contribution is 7.89. The first-order chi connectivity index (χ1) is 14.9. The van der Waals surface area contributed by atoms with E-state index in [2.05, 4.69) is 15.3 Å². The number of sulfonamides is 1.